The van der Waals surface area contributed by atoms with E-state index in [0.29, 0.717) is 13.1 Å². The number of hydrogen-bond donors (Lipinski definition) is 2. The Hall–Kier alpha value is -1.47. The molecule has 1 aliphatic rings. The molecule has 1 fully saturated rings. The van der Waals surface area contributed by atoms with Crippen LogP contribution in [0.4, 0.5) is 18.0 Å². The van der Waals surface area contributed by atoms with E-state index < -0.39 is 30.5 Å². The topological polar surface area (TPSA) is 69.6 Å². The van der Waals surface area contributed by atoms with Crippen LogP contribution in [-0.4, -0.2) is 47.8 Å². The number of amides is 2. The van der Waals surface area contributed by atoms with Crippen molar-refractivity contribution < 1.29 is 27.9 Å². The van der Waals surface area contributed by atoms with E-state index in [-0.39, 0.29) is 18.9 Å². The number of nitrogens with zero attached hydrogens (tertiary/aromatic N) is 1. The van der Waals surface area contributed by atoms with Crippen LogP contribution >= 0.6 is 0 Å². The Bertz CT molecular complexity index is 341. The molecule has 5 nitrogen and oxygen atoms in total. The van der Waals surface area contributed by atoms with E-state index in [9.17, 15) is 22.8 Å². The van der Waals surface area contributed by atoms with Gasteiger partial charge in [-0.05, 0) is 6.42 Å². The van der Waals surface area contributed by atoms with Gasteiger partial charge in [-0.25, -0.2) is 4.79 Å². The maximum absolute atomic E-state index is 11.9. The van der Waals surface area contributed by atoms with Gasteiger partial charge in [-0.2, -0.15) is 13.2 Å². The van der Waals surface area contributed by atoms with Gasteiger partial charge in [0.15, 0.2) is 0 Å². The highest BCUT2D eigenvalue weighted by atomic mass is 19.4. The van der Waals surface area contributed by atoms with Gasteiger partial charge < -0.3 is 15.3 Å². The fourth-order valence-electron chi connectivity index (χ4n) is 1.79. The highest BCUT2D eigenvalue weighted by molar-refractivity contribution is 5.76. The van der Waals surface area contributed by atoms with Crippen molar-refractivity contribution >= 4 is 12.0 Å². The van der Waals surface area contributed by atoms with E-state index in [0.717, 1.165) is 0 Å². The van der Waals surface area contributed by atoms with Gasteiger partial charge in [0.25, 0.3) is 0 Å². The molecule has 0 bridgehead atoms. The van der Waals surface area contributed by atoms with Crippen molar-refractivity contribution in [2.45, 2.75) is 25.9 Å². The van der Waals surface area contributed by atoms with Crippen LogP contribution in [-0.2, 0) is 4.79 Å². The van der Waals surface area contributed by atoms with Crippen molar-refractivity contribution in [1.29, 1.82) is 0 Å². The van der Waals surface area contributed by atoms with Crippen LogP contribution in [0.3, 0.4) is 0 Å². The summed E-state index contributed by atoms with van der Waals surface area (Å²) in [5.74, 6) is -1.51. The molecule has 0 radical (unpaired) electrons. The number of nitrogens with one attached hydrogen (secondary N) is 1. The number of carbonyl (C=O) groups excluding carboxylic acids is 1. The largest absolute Gasteiger partial charge is 0.481 e. The third-order valence-electron chi connectivity index (χ3n) is 3.21. The van der Waals surface area contributed by atoms with Crippen LogP contribution in [0, 0.1) is 11.8 Å². The lowest BCUT2D eigenvalue weighted by atomic mass is 9.87. The molecule has 0 aromatic carbocycles. The van der Waals surface area contributed by atoms with E-state index in [1.54, 1.807) is 6.92 Å². The summed E-state index contributed by atoms with van der Waals surface area (Å²) >= 11 is 0. The minimum atomic E-state index is -4.20. The van der Waals surface area contributed by atoms with Crippen molar-refractivity contribution in [2.75, 3.05) is 19.6 Å². The smallest absolute Gasteiger partial charge is 0.389 e. The predicted octanol–water partition coefficient (Wildman–Crippen LogP) is 1.69. The van der Waals surface area contributed by atoms with Gasteiger partial charge in [-0.15, -0.1) is 0 Å². The number of hydrogen-bond acceptors (Lipinski definition) is 2. The summed E-state index contributed by atoms with van der Waals surface area (Å²) in [5.41, 5.74) is 0. The lowest BCUT2D eigenvalue weighted by molar-refractivity contribution is -0.144. The number of likely N-dealkylation sites (tertiary alicyclic amines) is 1. The van der Waals surface area contributed by atoms with Crippen molar-refractivity contribution in [3.05, 3.63) is 0 Å². The summed E-state index contributed by atoms with van der Waals surface area (Å²) in [4.78, 5) is 23.6. The summed E-state index contributed by atoms with van der Waals surface area (Å²) in [6.07, 6.45) is -5.28. The van der Waals surface area contributed by atoms with Crippen molar-refractivity contribution in [1.82, 2.24) is 10.2 Å². The number of carboxylic acid groups (broad SMARTS) is 1. The summed E-state index contributed by atoms with van der Waals surface area (Å²) in [7, 11) is 0. The van der Waals surface area contributed by atoms with Gasteiger partial charge in [-0.3, -0.25) is 4.79 Å². The molecule has 1 atom stereocenters. The van der Waals surface area contributed by atoms with E-state index in [4.69, 9.17) is 5.11 Å². The van der Waals surface area contributed by atoms with Gasteiger partial charge in [0, 0.05) is 32.0 Å². The Morgan fingerprint density at radius 1 is 1.42 bits per heavy atom. The van der Waals surface area contributed by atoms with Crippen LogP contribution in [0.5, 0.6) is 0 Å². The monoisotopic (exact) mass is 282 g/mol. The molecule has 1 saturated heterocycles. The number of aliphatic carboxylic acids is 1. The standard InChI is InChI=1S/C11H17F3N2O3/c1-7(9(17)18)8-5-16(6-8)10(19)15-4-2-3-11(12,13)14/h7-8H,2-6H2,1H3,(H,15,19)(H,17,18). The van der Waals surface area contributed by atoms with E-state index in [2.05, 4.69) is 5.32 Å². The fraction of sp³-hybridized carbons (Fsp3) is 0.818. The number of carboxylic acids is 1. The third kappa shape index (κ3) is 4.96. The van der Waals surface area contributed by atoms with Crippen molar-refractivity contribution in [3.63, 3.8) is 0 Å². The first-order valence-corrected chi connectivity index (χ1v) is 6.03. The molecule has 19 heavy (non-hydrogen) atoms. The molecule has 110 valence electrons. The quantitative estimate of drug-likeness (QED) is 0.754. The molecule has 8 heteroatoms. The Balaban J connectivity index is 2.15. The maximum atomic E-state index is 11.9. The second kappa shape index (κ2) is 6.12. The zero-order valence-corrected chi connectivity index (χ0v) is 10.5. The Morgan fingerprint density at radius 3 is 2.47 bits per heavy atom. The minimum absolute atomic E-state index is 0.0337. The summed E-state index contributed by atoms with van der Waals surface area (Å²) in [5, 5.41) is 11.2. The second-order valence-corrected chi connectivity index (χ2v) is 4.74. The van der Waals surface area contributed by atoms with Crippen LogP contribution in [0.15, 0.2) is 0 Å². The molecule has 0 spiro atoms. The van der Waals surface area contributed by atoms with E-state index in [1.165, 1.54) is 4.90 Å². The molecule has 2 amide bonds. The number of rotatable bonds is 5. The minimum Gasteiger partial charge on any atom is -0.481 e. The predicted molar refractivity (Wildman–Crippen MR) is 60.6 cm³/mol. The fourth-order valence-corrected chi connectivity index (χ4v) is 1.79. The van der Waals surface area contributed by atoms with Crippen LogP contribution in [0.25, 0.3) is 0 Å². The average molecular weight is 282 g/mol. The van der Waals surface area contributed by atoms with Crippen LogP contribution in [0.1, 0.15) is 19.8 Å². The first-order valence-electron chi connectivity index (χ1n) is 6.03. The van der Waals surface area contributed by atoms with Gasteiger partial charge in [-0.1, -0.05) is 6.92 Å². The zero-order valence-electron chi connectivity index (χ0n) is 10.5. The summed E-state index contributed by atoms with van der Waals surface area (Å²) in [6, 6.07) is -0.434. The number of urea groups is 1. The SMILES string of the molecule is CC(C(=O)O)C1CN(C(=O)NCCCC(F)(F)F)C1. The summed E-state index contributed by atoms with van der Waals surface area (Å²) in [6.45, 7) is 2.21. The van der Waals surface area contributed by atoms with Crippen molar-refractivity contribution in [2.24, 2.45) is 11.8 Å². The van der Waals surface area contributed by atoms with Crippen LogP contribution < -0.4 is 5.32 Å². The molecule has 0 aromatic rings. The van der Waals surface area contributed by atoms with Crippen molar-refractivity contribution in [3.8, 4) is 0 Å². The van der Waals surface area contributed by atoms with Gasteiger partial charge in [0.05, 0.1) is 5.92 Å². The normalized spacial score (nSPS) is 17.8. The molecule has 0 saturated carbocycles. The molecule has 2 N–H and O–H groups in total. The van der Waals surface area contributed by atoms with Crippen LogP contribution in [0.2, 0.25) is 0 Å². The van der Waals surface area contributed by atoms with E-state index >= 15 is 0 Å². The number of alkyl halides is 3. The Labute approximate surface area is 108 Å². The average Bonchev–Trinajstić information content (AvgIpc) is 2.20. The molecule has 1 unspecified atom stereocenters. The molecule has 0 aliphatic carbocycles. The first-order chi connectivity index (χ1) is 8.70. The lowest BCUT2D eigenvalue weighted by Crippen LogP contribution is -2.56. The molecular weight excluding hydrogens is 265 g/mol. The number of carbonyl (C=O) groups is 2. The second-order valence-electron chi connectivity index (χ2n) is 4.74. The van der Waals surface area contributed by atoms with Gasteiger partial charge in [0.2, 0.25) is 0 Å². The summed E-state index contributed by atoms with van der Waals surface area (Å²) < 4.78 is 35.6. The maximum Gasteiger partial charge on any atom is 0.389 e. The highest BCUT2D eigenvalue weighted by Crippen LogP contribution is 2.24. The third-order valence-corrected chi connectivity index (χ3v) is 3.21. The molecule has 1 rings (SSSR count). The molecular formula is C11H17F3N2O3. The Kier molecular flexibility index (Phi) is 5.02. The molecule has 1 heterocycles. The van der Waals surface area contributed by atoms with E-state index in [1.807, 2.05) is 0 Å². The highest BCUT2D eigenvalue weighted by Gasteiger charge is 2.37. The van der Waals surface area contributed by atoms with Gasteiger partial charge in [0.1, 0.15) is 0 Å². The zero-order chi connectivity index (χ0) is 14.6. The molecule has 1 aliphatic heterocycles. The van der Waals surface area contributed by atoms with Gasteiger partial charge >= 0.3 is 18.2 Å². The molecule has 0 aromatic heterocycles. The number of halogens is 3. The first kappa shape index (κ1) is 15.6. The lowest BCUT2D eigenvalue weighted by Gasteiger charge is -2.41. The Morgan fingerprint density at radius 2 is 2.00 bits per heavy atom.